The van der Waals surface area contributed by atoms with E-state index < -0.39 is 11.9 Å². The SMILES string of the molecule is O=C1CCC2(CN(C(=O)N3CC4(CC(Cc5cnc(C(F)(F)F)cn5)C4)C3)C2)N1. The molecule has 3 amide bonds. The van der Waals surface area contributed by atoms with E-state index in [2.05, 4.69) is 15.3 Å². The molecule has 4 aliphatic rings. The normalized spacial score (nSPS) is 24.9. The molecule has 156 valence electrons. The van der Waals surface area contributed by atoms with Crippen LogP contribution in [0, 0.1) is 11.3 Å². The highest BCUT2D eigenvalue weighted by atomic mass is 19.4. The van der Waals surface area contributed by atoms with Crippen LogP contribution in [-0.4, -0.2) is 63.4 Å². The van der Waals surface area contributed by atoms with E-state index in [1.165, 1.54) is 6.20 Å². The monoisotopic (exact) mass is 409 g/mol. The number of hydrogen-bond acceptors (Lipinski definition) is 4. The number of aromatic nitrogens is 2. The number of likely N-dealkylation sites (tertiary alicyclic amines) is 2. The maximum Gasteiger partial charge on any atom is 0.434 e. The Kier molecular flexibility index (Phi) is 3.89. The predicted molar refractivity (Wildman–Crippen MR) is 94.5 cm³/mol. The summed E-state index contributed by atoms with van der Waals surface area (Å²) >= 11 is 0. The largest absolute Gasteiger partial charge is 0.434 e. The van der Waals surface area contributed by atoms with Gasteiger partial charge in [-0.25, -0.2) is 9.78 Å². The summed E-state index contributed by atoms with van der Waals surface area (Å²) in [5, 5.41) is 2.98. The maximum atomic E-state index is 12.6. The number of rotatable bonds is 2. The Hall–Kier alpha value is -2.39. The third kappa shape index (κ3) is 3.22. The third-order valence-electron chi connectivity index (χ3n) is 6.75. The quantitative estimate of drug-likeness (QED) is 0.809. The molecule has 5 rings (SSSR count). The maximum absolute atomic E-state index is 12.6. The molecule has 4 fully saturated rings. The zero-order valence-electron chi connectivity index (χ0n) is 15.8. The van der Waals surface area contributed by atoms with E-state index in [4.69, 9.17) is 0 Å². The Labute approximate surface area is 165 Å². The number of hydrogen-bond donors (Lipinski definition) is 1. The summed E-state index contributed by atoms with van der Waals surface area (Å²) in [6.07, 6.45) is 1.42. The summed E-state index contributed by atoms with van der Waals surface area (Å²) in [5.74, 6) is 0.442. The van der Waals surface area contributed by atoms with Crippen molar-refractivity contribution in [1.82, 2.24) is 25.1 Å². The molecule has 1 aromatic heterocycles. The lowest BCUT2D eigenvalue weighted by molar-refractivity contribution is -0.141. The molecule has 10 heteroatoms. The van der Waals surface area contributed by atoms with Gasteiger partial charge >= 0.3 is 12.2 Å². The molecule has 4 heterocycles. The summed E-state index contributed by atoms with van der Waals surface area (Å²) < 4.78 is 37.6. The Bertz CT molecular complexity index is 836. The molecule has 0 atom stereocenters. The standard InChI is InChI=1S/C19H22F3N5O2/c20-19(21,22)14-7-23-13(6-24-14)3-12-4-17(5-12)8-26(9-17)16(29)27-10-18(11-27)2-1-15(28)25-18/h6-7,12H,1-5,8-11H2,(H,25,28). The first-order valence-corrected chi connectivity index (χ1v) is 9.89. The first-order chi connectivity index (χ1) is 13.7. The fourth-order valence-corrected chi connectivity index (χ4v) is 5.40. The molecule has 29 heavy (non-hydrogen) atoms. The van der Waals surface area contributed by atoms with Crippen LogP contribution < -0.4 is 5.32 Å². The number of nitrogens with one attached hydrogen (secondary N) is 1. The van der Waals surface area contributed by atoms with Crippen molar-refractivity contribution in [1.29, 1.82) is 0 Å². The van der Waals surface area contributed by atoms with Crippen LogP contribution in [0.4, 0.5) is 18.0 Å². The molecule has 0 bridgehead atoms. The van der Waals surface area contributed by atoms with Gasteiger partial charge in [0, 0.05) is 44.2 Å². The van der Waals surface area contributed by atoms with Crippen molar-refractivity contribution in [3.05, 3.63) is 23.8 Å². The summed E-state index contributed by atoms with van der Waals surface area (Å²) in [6, 6.07) is 0.0412. The Morgan fingerprint density at radius 3 is 2.38 bits per heavy atom. The van der Waals surface area contributed by atoms with Crippen LogP contribution in [0.1, 0.15) is 37.1 Å². The van der Waals surface area contributed by atoms with Gasteiger partial charge in [-0.05, 0) is 31.6 Å². The van der Waals surface area contributed by atoms with Crippen molar-refractivity contribution in [2.75, 3.05) is 26.2 Å². The van der Waals surface area contributed by atoms with E-state index in [0.717, 1.165) is 38.5 Å². The number of carbonyl (C=O) groups excluding carboxylic acids is 2. The lowest BCUT2D eigenvalue weighted by Crippen LogP contribution is -2.73. The van der Waals surface area contributed by atoms with Crippen LogP contribution in [0.15, 0.2) is 12.4 Å². The number of halogens is 3. The third-order valence-corrected chi connectivity index (χ3v) is 6.75. The molecule has 1 aromatic rings. The van der Waals surface area contributed by atoms with Crippen molar-refractivity contribution < 1.29 is 22.8 Å². The van der Waals surface area contributed by atoms with Gasteiger partial charge in [0.15, 0.2) is 5.69 Å². The average Bonchev–Trinajstić information content (AvgIpc) is 2.96. The molecule has 1 saturated carbocycles. The molecule has 7 nitrogen and oxygen atoms in total. The van der Waals surface area contributed by atoms with Gasteiger partial charge in [-0.3, -0.25) is 9.78 Å². The minimum absolute atomic E-state index is 0.0412. The Morgan fingerprint density at radius 1 is 1.14 bits per heavy atom. The van der Waals surface area contributed by atoms with E-state index in [1.54, 1.807) is 4.90 Å². The molecule has 3 aliphatic heterocycles. The van der Waals surface area contributed by atoms with Crippen LogP contribution in [0.25, 0.3) is 0 Å². The number of alkyl halides is 3. The van der Waals surface area contributed by atoms with Gasteiger partial charge in [0.2, 0.25) is 5.91 Å². The van der Waals surface area contributed by atoms with E-state index in [0.29, 0.717) is 37.5 Å². The highest BCUT2D eigenvalue weighted by Crippen LogP contribution is 2.53. The predicted octanol–water partition coefficient (Wildman–Crippen LogP) is 1.83. The topological polar surface area (TPSA) is 78.4 Å². The smallest absolute Gasteiger partial charge is 0.347 e. The van der Waals surface area contributed by atoms with Gasteiger partial charge in [0.05, 0.1) is 17.4 Å². The van der Waals surface area contributed by atoms with Gasteiger partial charge in [-0.2, -0.15) is 13.2 Å². The first kappa shape index (κ1) is 18.6. The summed E-state index contributed by atoms with van der Waals surface area (Å²) in [7, 11) is 0. The fourth-order valence-electron chi connectivity index (χ4n) is 5.40. The Morgan fingerprint density at radius 2 is 1.83 bits per heavy atom. The zero-order chi connectivity index (χ0) is 20.4. The average molecular weight is 409 g/mol. The van der Waals surface area contributed by atoms with Crippen molar-refractivity contribution in [3.8, 4) is 0 Å². The molecule has 0 aromatic carbocycles. The molecular formula is C19H22F3N5O2. The summed E-state index contributed by atoms with van der Waals surface area (Å²) in [6.45, 7) is 2.65. The van der Waals surface area contributed by atoms with Crippen molar-refractivity contribution in [2.45, 2.75) is 43.8 Å². The van der Waals surface area contributed by atoms with Gasteiger partial charge in [0.1, 0.15) is 0 Å². The lowest BCUT2D eigenvalue weighted by Gasteiger charge is -2.61. The second kappa shape index (κ2) is 6.06. The van der Waals surface area contributed by atoms with Crippen LogP contribution in [-0.2, 0) is 17.4 Å². The molecule has 0 unspecified atom stereocenters. The minimum Gasteiger partial charge on any atom is -0.347 e. The van der Waals surface area contributed by atoms with Gasteiger partial charge in [-0.15, -0.1) is 0 Å². The molecule has 1 aliphatic carbocycles. The highest BCUT2D eigenvalue weighted by molar-refractivity contribution is 5.82. The van der Waals surface area contributed by atoms with Crippen molar-refractivity contribution >= 4 is 11.9 Å². The van der Waals surface area contributed by atoms with Crippen molar-refractivity contribution in [3.63, 3.8) is 0 Å². The Balaban J connectivity index is 1.06. The first-order valence-electron chi connectivity index (χ1n) is 9.89. The van der Waals surface area contributed by atoms with Crippen LogP contribution in [0.3, 0.4) is 0 Å². The molecule has 1 N–H and O–H groups in total. The molecular weight excluding hydrogens is 387 g/mol. The molecule has 0 radical (unpaired) electrons. The van der Waals surface area contributed by atoms with E-state index in [1.807, 2.05) is 4.90 Å². The zero-order valence-corrected chi connectivity index (χ0v) is 15.8. The van der Waals surface area contributed by atoms with Crippen LogP contribution >= 0.6 is 0 Å². The highest BCUT2D eigenvalue weighted by Gasteiger charge is 2.56. The molecule has 3 saturated heterocycles. The van der Waals surface area contributed by atoms with E-state index in [-0.39, 0.29) is 22.9 Å². The van der Waals surface area contributed by atoms with E-state index in [9.17, 15) is 22.8 Å². The van der Waals surface area contributed by atoms with Gasteiger partial charge in [0.25, 0.3) is 0 Å². The second-order valence-electron chi connectivity index (χ2n) is 9.19. The fraction of sp³-hybridized carbons (Fsp3) is 0.684. The van der Waals surface area contributed by atoms with Gasteiger partial charge in [-0.1, -0.05) is 0 Å². The van der Waals surface area contributed by atoms with E-state index >= 15 is 0 Å². The number of urea groups is 1. The molecule has 2 spiro atoms. The number of nitrogens with zero attached hydrogens (tertiary/aromatic N) is 4. The van der Waals surface area contributed by atoms with Crippen LogP contribution in [0.2, 0.25) is 0 Å². The summed E-state index contributed by atoms with van der Waals surface area (Å²) in [5.41, 5.74) is -0.428. The number of carbonyl (C=O) groups is 2. The number of amides is 3. The second-order valence-corrected chi connectivity index (χ2v) is 9.19. The lowest BCUT2D eigenvalue weighted by atomic mass is 9.57. The van der Waals surface area contributed by atoms with Gasteiger partial charge < -0.3 is 15.1 Å². The van der Waals surface area contributed by atoms with Crippen LogP contribution in [0.5, 0.6) is 0 Å². The summed E-state index contributed by atoms with van der Waals surface area (Å²) in [4.78, 5) is 35.0. The van der Waals surface area contributed by atoms with Crippen molar-refractivity contribution in [2.24, 2.45) is 11.3 Å². The minimum atomic E-state index is -4.46.